The van der Waals surface area contributed by atoms with Crippen molar-refractivity contribution < 1.29 is 14.7 Å². The first kappa shape index (κ1) is 22.9. The Bertz CT molecular complexity index is 1010. The quantitative estimate of drug-likeness (QED) is 0.663. The second kappa shape index (κ2) is 11.1. The van der Waals surface area contributed by atoms with Crippen molar-refractivity contribution in [2.45, 2.75) is 25.2 Å². The molecule has 2 aliphatic rings. The predicted octanol–water partition coefficient (Wildman–Crippen LogP) is 3.40. The minimum Gasteiger partial charge on any atom is -0.511 e. The fraction of sp³-hybridized carbons (Fsp3) is 0.370. The molecule has 1 amide bonds. The van der Waals surface area contributed by atoms with E-state index >= 15 is 0 Å². The van der Waals surface area contributed by atoms with Crippen LogP contribution in [-0.2, 0) is 16.0 Å². The first-order valence-corrected chi connectivity index (χ1v) is 11.6. The van der Waals surface area contributed by atoms with Gasteiger partial charge in [0.1, 0.15) is 5.76 Å². The summed E-state index contributed by atoms with van der Waals surface area (Å²) >= 11 is 0. The Morgan fingerprint density at radius 1 is 0.970 bits per heavy atom. The average molecular weight is 446 g/mol. The van der Waals surface area contributed by atoms with Gasteiger partial charge >= 0.3 is 0 Å². The van der Waals surface area contributed by atoms with Gasteiger partial charge in [-0.15, -0.1) is 0 Å². The monoisotopic (exact) mass is 445 g/mol. The molecule has 0 radical (unpaired) electrons. The number of rotatable bonds is 7. The van der Waals surface area contributed by atoms with E-state index < -0.39 is 0 Å². The van der Waals surface area contributed by atoms with Crippen molar-refractivity contribution in [3.05, 3.63) is 83.1 Å². The third-order valence-corrected chi connectivity index (χ3v) is 6.44. The van der Waals surface area contributed by atoms with E-state index in [1.807, 2.05) is 65.6 Å². The molecule has 0 aromatic heterocycles. The average Bonchev–Trinajstić information content (AvgIpc) is 2.84. The number of aliphatic imine (C=N–C) groups is 1. The number of hydrogen-bond acceptors (Lipinski definition) is 5. The highest BCUT2D eigenvalue weighted by molar-refractivity contribution is 6.14. The molecule has 4 rings (SSSR count). The van der Waals surface area contributed by atoms with Gasteiger partial charge in [0.05, 0.1) is 18.5 Å². The lowest BCUT2D eigenvalue weighted by Gasteiger charge is -2.34. The van der Waals surface area contributed by atoms with Crippen LogP contribution in [0.4, 0.5) is 0 Å². The van der Waals surface area contributed by atoms with E-state index in [0.29, 0.717) is 31.4 Å². The van der Waals surface area contributed by atoms with Gasteiger partial charge in [0.2, 0.25) is 5.91 Å². The molecule has 1 aliphatic heterocycles. The summed E-state index contributed by atoms with van der Waals surface area (Å²) in [5, 5.41) is 10.4. The smallest absolute Gasteiger partial charge is 0.227 e. The predicted molar refractivity (Wildman–Crippen MR) is 130 cm³/mol. The zero-order valence-corrected chi connectivity index (χ0v) is 18.9. The summed E-state index contributed by atoms with van der Waals surface area (Å²) in [5.41, 5.74) is 2.47. The van der Waals surface area contributed by atoms with Crippen LogP contribution in [-0.4, -0.2) is 72.1 Å². The largest absolute Gasteiger partial charge is 0.511 e. The molecule has 1 atom stereocenters. The number of carbonyl (C=O) groups is 2. The normalized spacial score (nSPS) is 19.9. The lowest BCUT2D eigenvalue weighted by Crippen LogP contribution is -2.49. The molecule has 6 heteroatoms. The van der Waals surface area contributed by atoms with Gasteiger partial charge < -0.3 is 10.0 Å². The molecule has 0 bridgehead atoms. The number of amides is 1. The first-order valence-electron chi connectivity index (χ1n) is 11.6. The second-order valence-corrected chi connectivity index (χ2v) is 8.72. The second-order valence-electron chi connectivity index (χ2n) is 8.72. The highest BCUT2D eigenvalue weighted by Crippen LogP contribution is 2.32. The van der Waals surface area contributed by atoms with Gasteiger partial charge in [-0.2, -0.15) is 0 Å². The topological polar surface area (TPSA) is 73.2 Å². The number of benzene rings is 2. The minimum absolute atomic E-state index is 0.0248. The summed E-state index contributed by atoms with van der Waals surface area (Å²) < 4.78 is 0. The maximum Gasteiger partial charge on any atom is 0.227 e. The van der Waals surface area contributed by atoms with E-state index in [1.54, 1.807) is 6.21 Å². The maximum absolute atomic E-state index is 12.6. The SMILES string of the molecule is O=C1CC(c2ccccc2)CC(O)=C1C=NCCN1CCN(C(=O)Cc2ccccc2)CC1. The van der Waals surface area contributed by atoms with Crippen LogP contribution in [0.15, 0.2) is 77.0 Å². The molecule has 0 saturated carbocycles. The van der Waals surface area contributed by atoms with E-state index in [1.165, 1.54) is 0 Å². The fourth-order valence-corrected chi connectivity index (χ4v) is 4.48. The van der Waals surface area contributed by atoms with Crippen molar-refractivity contribution in [2.75, 3.05) is 39.3 Å². The minimum atomic E-state index is -0.0538. The molecule has 33 heavy (non-hydrogen) atoms. The number of aliphatic hydroxyl groups is 1. The molecule has 2 aromatic rings. The van der Waals surface area contributed by atoms with Crippen LogP contribution in [0.5, 0.6) is 0 Å². The zero-order chi connectivity index (χ0) is 23.0. The van der Waals surface area contributed by atoms with Crippen LogP contribution >= 0.6 is 0 Å². The molecule has 1 unspecified atom stereocenters. The molecule has 6 nitrogen and oxygen atoms in total. The molecule has 1 heterocycles. The summed E-state index contributed by atoms with van der Waals surface area (Å²) in [5.74, 6) is 0.277. The number of piperazine rings is 1. The van der Waals surface area contributed by atoms with Crippen LogP contribution in [0.2, 0.25) is 0 Å². The van der Waals surface area contributed by atoms with Gasteiger partial charge in [-0.25, -0.2) is 0 Å². The third kappa shape index (κ3) is 6.17. The van der Waals surface area contributed by atoms with Crippen LogP contribution in [0.1, 0.15) is 29.9 Å². The highest BCUT2D eigenvalue weighted by Gasteiger charge is 2.27. The van der Waals surface area contributed by atoms with Crippen molar-refractivity contribution in [2.24, 2.45) is 4.99 Å². The van der Waals surface area contributed by atoms with E-state index in [-0.39, 0.29) is 23.4 Å². The van der Waals surface area contributed by atoms with E-state index in [2.05, 4.69) is 9.89 Å². The van der Waals surface area contributed by atoms with E-state index in [4.69, 9.17) is 0 Å². The van der Waals surface area contributed by atoms with Gasteiger partial charge in [0, 0.05) is 51.8 Å². The number of carbonyl (C=O) groups excluding carboxylic acids is 2. The lowest BCUT2D eigenvalue weighted by molar-refractivity contribution is -0.132. The Morgan fingerprint density at radius 3 is 2.30 bits per heavy atom. The van der Waals surface area contributed by atoms with E-state index in [9.17, 15) is 14.7 Å². The standard InChI is InChI=1S/C27H31N3O3/c31-25-18-23(22-9-5-2-6-10-22)19-26(32)24(25)20-28-11-12-29-13-15-30(16-14-29)27(33)17-21-7-3-1-4-8-21/h1-10,20,23,31H,11-19H2. The molecule has 1 fully saturated rings. The molecular weight excluding hydrogens is 414 g/mol. The number of nitrogens with zero attached hydrogens (tertiary/aromatic N) is 3. The Morgan fingerprint density at radius 2 is 1.64 bits per heavy atom. The molecule has 1 N–H and O–H groups in total. The molecule has 1 aliphatic carbocycles. The zero-order valence-electron chi connectivity index (χ0n) is 18.9. The summed E-state index contributed by atoms with van der Waals surface area (Å²) in [6.45, 7) is 4.42. The number of aliphatic hydroxyl groups excluding tert-OH is 1. The maximum atomic E-state index is 12.6. The van der Waals surface area contributed by atoms with Gasteiger partial charge in [-0.05, 0) is 17.0 Å². The Hall–Kier alpha value is -3.25. The molecule has 172 valence electrons. The van der Waals surface area contributed by atoms with Crippen molar-refractivity contribution in [1.82, 2.24) is 9.80 Å². The summed E-state index contributed by atoms with van der Waals surface area (Å²) in [7, 11) is 0. The van der Waals surface area contributed by atoms with Crippen molar-refractivity contribution in [3.63, 3.8) is 0 Å². The first-order chi connectivity index (χ1) is 16.1. The van der Waals surface area contributed by atoms with Crippen molar-refractivity contribution in [1.29, 1.82) is 0 Å². The van der Waals surface area contributed by atoms with Crippen LogP contribution in [0.25, 0.3) is 0 Å². The molecule has 2 aromatic carbocycles. The third-order valence-electron chi connectivity index (χ3n) is 6.44. The molecular formula is C27H31N3O3. The summed E-state index contributed by atoms with van der Waals surface area (Å²) in [4.78, 5) is 33.7. The fourth-order valence-electron chi connectivity index (χ4n) is 4.48. The van der Waals surface area contributed by atoms with Crippen LogP contribution < -0.4 is 0 Å². The van der Waals surface area contributed by atoms with Crippen molar-refractivity contribution in [3.8, 4) is 0 Å². The molecule has 1 saturated heterocycles. The summed E-state index contributed by atoms with van der Waals surface area (Å²) in [6, 6.07) is 19.7. The Kier molecular flexibility index (Phi) is 7.68. The number of ketones is 1. The van der Waals surface area contributed by atoms with Gasteiger partial charge in [0.15, 0.2) is 5.78 Å². The Labute approximate surface area is 195 Å². The van der Waals surface area contributed by atoms with Crippen LogP contribution in [0, 0.1) is 0 Å². The Balaban J connectivity index is 1.21. The number of allylic oxidation sites excluding steroid dienone is 2. The van der Waals surface area contributed by atoms with Gasteiger partial charge in [0.25, 0.3) is 0 Å². The van der Waals surface area contributed by atoms with E-state index in [0.717, 1.165) is 43.9 Å². The highest BCUT2D eigenvalue weighted by atomic mass is 16.3. The number of hydrogen-bond donors (Lipinski definition) is 1. The molecule has 0 spiro atoms. The van der Waals surface area contributed by atoms with Crippen LogP contribution in [0.3, 0.4) is 0 Å². The number of Topliss-reactive ketones (excluding diaryl/α,β-unsaturated/α-hetero) is 1. The van der Waals surface area contributed by atoms with Gasteiger partial charge in [-0.1, -0.05) is 60.7 Å². The van der Waals surface area contributed by atoms with Gasteiger partial charge in [-0.3, -0.25) is 19.5 Å². The lowest BCUT2D eigenvalue weighted by atomic mass is 9.83. The van der Waals surface area contributed by atoms with Crippen molar-refractivity contribution >= 4 is 17.9 Å². The summed E-state index contributed by atoms with van der Waals surface area (Å²) in [6.07, 6.45) is 2.85.